The van der Waals surface area contributed by atoms with Crippen molar-refractivity contribution in [2.75, 3.05) is 26.2 Å². The number of hydrogen-bond donors (Lipinski definition) is 18. The molecule has 3 aromatic carbocycles. The summed E-state index contributed by atoms with van der Waals surface area (Å²) < 4.78 is 0. The van der Waals surface area contributed by atoms with Crippen molar-refractivity contribution >= 4 is 97.8 Å². The highest BCUT2D eigenvalue weighted by Gasteiger charge is 2.35. The summed E-state index contributed by atoms with van der Waals surface area (Å²) in [6, 6.07) is 12.9. The van der Waals surface area contributed by atoms with Crippen LogP contribution in [0.4, 0.5) is 0 Å². The molecule has 0 saturated carbocycles. The number of para-hydroxylation sites is 3. The molecule has 0 fully saturated rings. The molecule has 0 bridgehead atoms. The molecule has 0 aliphatic rings. The normalized spacial score (nSPS) is 13.4. The monoisotopic (exact) mass is 1330 g/mol. The molecule has 0 radical (unpaired) electrons. The maximum Gasteiger partial charge on any atom is 0.243 e. The molecule has 26 N–H and O–H groups in total. The van der Waals surface area contributed by atoms with Gasteiger partial charge in [-0.1, -0.05) is 100 Å². The highest BCUT2D eigenvalue weighted by molar-refractivity contribution is 5.99. The molecule has 29 heteroatoms. The van der Waals surface area contributed by atoms with E-state index in [9.17, 15) is 24.0 Å². The number of nitrogens with zero attached hydrogens (tertiary/aromatic N) is 3. The van der Waals surface area contributed by atoms with E-state index >= 15 is 14.4 Å². The van der Waals surface area contributed by atoms with Gasteiger partial charge in [-0.25, -0.2) is 0 Å². The fourth-order valence-corrected chi connectivity index (χ4v) is 11.3. The zero-order valence-electron chi connectivity index (χ0n) is 54.9. The number of rotatable bonds is 44. The minimum atomic E-state index is -1.46. The van der Waals surface area contributed by atoms with Crippen molar-refractivity contribution in [1.82, 2.24) is 52.2 Å². The minimum absolute atomic E-state index is 0.0360. The number of hydrogen-bond acceptors (Lipinski definition) is 12. The van der Waals surface area contributed by atoms with E-state index in [4.69, 9.17) is 45.9 Å². The lowest BCUT2D eigenvalue weighted by molar-refractivity contribution is -0.135. The first-order chi connectivity index (χ1) is 46.2. The number of carbonyl (C=O) groups is 8. The van der Waals surface area contributed by atoms with Gasteiger partial charge in [0.25, 0.3) is 0 Å². The van der Waals surface area contributed by atoms with Crippen molar-refractivity contribution in [3.05, 3.63) is 108 Å². The van der Waals surface area contributed by atoms with Crippen LogP contribution in [0.2, 0.25) is 0 Å². The fraction of sp³-hybridized carbons (Fsp3) is 0.478. The van der Waals surface area contributed by atoms with Crippen molar-refractivity contribution in [3.8, 4) is 0 Å². The fourth-order valence-electron chi connectivity index (χ4n) is 11.3. The molecule has 8 amide bonds. The molecule has 96 heavy (non-hydrogen) atoms. The Bertz CT molecular complexity index is 3600. The van der Waals surface area contributed by atoms with Crippen LogP contribution in [0.5, 0.6) is 0 Å². The van der Waals surface area contributed by atoms with E-state index < -0.39 is 83.6 Å². The standard InChI is InChI=1S/C67H99N21O8/c1-2-3-4-5-6-7-8-30-57(89)76-31-16-15-27-51(58(69)90)83-62(94)55(36-42-39-81-49-25-13-10-21-45(42)49)87-60(92)53(29-19-34-79-67(74)75)85-64(96)56(37-43-40-82-50-26-14-11-22-46(43)50)88-61(93)52(28-18-33-78-66(72)73)84-63(95)54(35-41-38-80-48-24-12-9-20-44(41)48)86-59(91)47(68)23-17-32-77-65(70)71/h9-14,20-22,24-26,38-40,47,51-56,80-82H,2-8,15-19,23,27-37,68H2,1H3,(H2,69,90)(H,76,89)(H,83,94)(H,84,95)(H,85,96)(H,86,91)(H,87,92)(H,88,93)(H4,70,71,77)(H4,72,73,78)(H4,74,75,79)/t47-,51+,52-,53+,54-,55-,56+/m1/s1. The van der Waals surface area contributed by atoms with Gasteiger partial charge >= 0.3 is 0 Å². The third-order valence-corrected chi connectivity index (χ3v) is 16.6. The molecule has 0 unspecified atom stereocenters. The van der Waals surface area contributed by atoms with Gasteiger partial charge in [-0.05, 0) is 99.1 Å². The zero-order valence-corrected chi connectivity index (χ0v) is 54.9. The van der Waals surface area contributed by atoms with Gasteiger partial charge in [0, 0.05) is 103 Å². The van der Waals surface area contributed by atoms with Gasteiger partial charge in [0.1, 0.15) is 36.3 Å². The average molecular weight is 1330 g/mol. The van der Waals surface area contributed by atoms with Gasteiger partial charge in [0.05, 0.1) is 6.04 Å². The van der Waals surface area contributed by atoms with E-state index in [0.29, 0.717) is 48.9 Å². The van der Waals surface area contributed by atoms with Gasteiger partial charge in [-0.3, -0.25) is 53.3 Å². The molecule has 3 aromatic heterocycles. The summed E-state index contributed by atoms with van der Waals surface area (Å²) in [6.07, 6.45) is 14.6. The maximum atomic E-state index is 15.3. The Morgan fingerprint density at radius 3 is 1.15 bits per heavy atom. The molecular weight excluding hydrogens is 1230 g/mol. The summed E-state index contributed by atoms with van der Waals surface area (Å²) in [6.45, 7) is 2.83. The quantitative estimate of drug-likeness (QED) is 0.0146. The number of aromatic amines is 3. The van der Waals surface area contributed by atoms with Crippen molar-refractivity contribution in [2.24, 2.45) is 60.8 Å². The SMILES string of the molecule is CCCCCCCCCC(=O)NCCCC[C@H](NC(=O)[C@@H](Cc1c[nH]c2ccccc12)NC(=O)[C@H](CCCN=C(N)N)NC(=O)[C@H](Cc1c[nH]c2ccccc12)NC(=O)[C@@H](CCCN=C(N)N)NC(=O)[C@@H](Cc1c[nH]c2ccccc12)NC(=O)[C@H](N)CCCN=C(N)N)C(N)=O. The molecule has 0 saturated heterocycles. The number of H-pyrrole nitrogens is 3. The number of nitrogens with one attached hydrogen (secondary N) is 10. The Hall–Kier alpha value is -10.2. The summed E-state index contributed by atoms with van der Waals surface area (Å²) in [5, 5.41) is 22.2. The molecule has 3 heterocycles. The number of guanidine groups is 3. The third kappa shape index (κ3) is 24.9. The van der Waals surface area contributed by atoms with E-state index in [0.717, 1.165) is 58.4 Å². The summed E-state index contributed by atoms with van der Waals surface area (Å²) in [5.74, 6) is -6.02. The van der Waals surface area contributed by atoms with E-state index in [-0.39, 0.29) is 101 Å². The molecule has 6 rings (SSSR count). The van der Waals surface area contributed by atoms with Crippen LogP contribution in [0.1, 0.15) is 133 Å². The van der Waals surface area contributed by atoms with Gasteiger partial charge in [-0.15, -0.1) is 0 Å². The first kappa shape index (κ1) is 74.8. The summed E-state index contributed by atoms with van der Waals surface area (Å²) in [4.78, 5) is 136. The predicted molar refractivity (Wildman–Crippen MR) is 374 cm³/mol. The Morgan fingerprint density at radius 2 is 0.740 bits per heavy atom. The lowest BCUT2D eigenvalue weighted by Crippen LogP contribution is -2.60. The van der Waals surface area contributed by atoms with Crippen molar-refractivity contribution < 1.29 is 38.4 Å². The predicted octanol–water partition coefficient (Wildman–Crippen LogP) is 1.47. The molecule has 29 nitrogen and oxygen atoms in total. The second-order valence-corrected chi connectivity index (χ2v) is 24.1. The summed E-state index contributed by atoms with van der Waals surface area (Å²) in [7, 11) is 0. The van der Waals surface area contributed by atoms with Gasteiger partial charge in [0.15, 0.2) is 17.9 Å². The van der Waals surface area contributed by atoms with Crippen molar-refractivity contribution in [2.45, 2.75) is 178 Å². The van der Waals surface area contributed by atoms with Gasteiger partial charge < -0.3 is 98.0 Å². The lowest BCUT2D eigenvalue weighted by atomic mass is 10.0. The Kier molecular flexibility index (Phi) is 30.8. The number of nitrogens with two attached hydrogens (primary N) is 8. The number of fused-ring (bicyclic) bond motifs is 3. The highest BCUT2D eigenvalue weighted by atomic mass is 16.2. The van der Waals surface area contributed by atoms with Crippen LogP contribution in [0.3, 0.4) is 0 Å². The van der Waals surface area contributed by atoms with Crippen LogP contribution in [0.15, 0.2) is 106 Å². The van der Waals surface area contributed by atoms with Crippen LogP contribution in [-0.4, -0.2) is 149 Å². The van der Waals surface area contributed by atoms with Crippen LogP contribution in [0.25, 0.3) is 32.7 Å². The number of aliphatic imine (C=N–C) groups is 3. The van der Waals surface area contributed by atoms with Gasteiger partial charge in [-0.2, -0.15) is 0 Å². The molecular formula is C67H99N21O8. The average Bonchev–Trinajstić information content (AvgIpc) is 1.65. The highest BCUT2D eigenvalue weighted by Crippen LogP contribution is 2.23. The first-order valence-electron chi connectivity index (χ1n) is 33.2. The Balaban J connectivity index is 1.27. The van der Waals surface area contributed by atoms with E-state index in [1.807, 2.05) is 72.8 Å². The first-order valence-corrected chi connectivity index (χ1v) is 33.2. The largest absolute Gasteiger partial charge is 0.370 e. The number of primary amides is 1. The topological polar surface area (TPSA) is 513 Å². The molecule has 7 atom stereocenters. The lowest BCUT2D eigenvalue weighted by Gasteiger charge is -2.28. The molecule has 0 aliphatic carbocycles. The third-order valence-electron chi connectivity index (χ3n) is 16.6. The van der Waals surface area contributed by atoms with E-state index in [1.165, 1.54) is 19.3 Å². The van der Waals surface area contributed by atoms with E-state index in [2.05, 4.69) is 74.1 Å². The Labute approximate surface area is 558 Å². The minimum Gasteiger partial charge on any atom is -0.370 e. The van der Waals surface area contributed by atoms with Crippen molar-refractivity contribution in [3.63, 3.8) is 0 Å². The smallest absolute Gasteiger partial charge is 0.243 e. The van der Waals surface area contributed by atoms with Crippen molar-refractivity contribution in [1.29, 1.82) is 0 Å². The molecule has 520 valence electrons. The molecule has 0 aliphatic heterocycles. The number of aromatic nitrogens is 3. The summed E-state index contributed by atoms with van der Waals surface area (Å²) >= 11 is 0. The van der Waals surface area contributed by atoms with E-state index in [1.54, 1.807) is 18.6 Å². The van der Waals surface area contributed by atoms with Crippen LogP contribution >= 0.6 is 0 Å². The number of unbranched alkanes of at least 4 members (excludes halogenated alkanes) is 7. The van der Waals surface area contributed by atoms with Crippen LogP contribution in [0, 0.1) is 0 Å². The zero-order chi connectivity index (χ0) is 69.4. The van der Waals surface area contributed by atoms with Crippen LogP contribution in [-0.2, 0) is 57.6 Å². The number of carbonyl (C=O) groups excluding carboxylic acids is 8. The van der Waals surface area contributed by atoms with Crippen LogP contribution < -0.4 is 83.1 Å². The maximum absolute atomic E-state index is 15.3. The number of benzene rings is 3. The molecule has 6 aromatic rings. The Morgan fingerprint density at radius 1 is 0.396 bits per heavy atom. The second kappa shape index (κ2) is 39.5. The second-order valence-electron chi connectivity index (χ2n) is 24.1. The molecule has 0 spiro atoms. The number of amides is 8. The summed E-state index contributed by atoms with van der Waals surface area (Å²) in [5.41, 5.74) is 50.1. The van der Waals surface area contributed by atoms with Gasteiger partial charge in [0.2, 0.25) is 47.3 Å².